The van der Waals surface area contributed by atoms with Crippen LogP contribution in [0.2, 0.25) is 0 Å². The number of halogens is 2. The highest BCUT2D eigenvalue weighted by Crippen LogP contribution is 2.31. The molecule has 0 saturated carbocycles. The molecule has 2 aromatic carbocycles. The Morgan fingerprint density at radius 3 is 2.53 bits per heavy atom. The molecule has 0 unspecified atom stereocenters. The molecular formula is C28H32FIN2O6. The fourth-order valence-corrected chi connectivity index (χ4v) is 4.81. The van der Waals surface area contributed by atoms with Crippen LogP contribution in [-0.2, 0) is 20.9 Å². The molecule has 1 aliphatic rings. The van der Waals surface area contributed by atoms with Gasteiger partial charge >= 0.3 is 0 Å². The molecule has 10 heteroatoms. The summed E-state index contributed by atoms with van der Waals surface area (Å²) >= 11 is 2.10. The Morgan fingerprint density at radius 1 is 1.13 bits per heavy atom. The molecular weight excluding hydrogens is 606 g/mol. The Bertz CT molecular complexity index is 1170. The molecule has 0 saturated heterocycles. The Hall–Kier alpha value is -2.83. The molecule has 2 amide bonds. The molecule has 3 N–H and O–H groups in total. The highest BCUT2D eigenvalue weighted by Gasteiger charge is 2.40. The van der Waals surface area contributed by atoms with E-state index in [1.165, 1.54) is 24.0 Å². The zero-order valence-electron chi connectivity index (χ0n) is 21.1. The van der Waals surface area contributed by atoms with Gasteiger partial charge in [0.15, 0.2) is 0 Å². The number of ether oxygens (including phenoxy) is 1. The number of hydrogen-bond acceptors (Lipinski definition) is 6. The number of benzene rings is 2. The Balaban J connectivity index is 1.97. The lowest BCUT2D eigenvalue weighted by Gasteiger charge is -2.40. The summed E-state index contributed by atoms with van der Waals surface area (Å²) in [6, 6.07) is 12.3. The highest BCUT2D eigenvalue weighted by atomic mass is 127. The van der Waals surface area contributed by atoms with Gasteiger partial charge in [-0.2, -0.15) is 0 Å². The van der Waals surface area contributed by atoms with Crippen LogP contribution in [0.3, 0.4) is 0 Å². The third-order valence-corrected chi connectivity index (χ3v) is 7.14. The molecule has 38 heavy (non-hydrogen) atoms. The molecule has 3 rings (SSSR count). The van der Waals surface area contributed by atoms with E-state index in [-0.39, 0.29) is 61.8 Å². The number of nitrogens with zero attached hydrogens (tertiary/aromatic N) is 1. The first-order valence-corrected chi connectivity index (χ1v) is 13.5. The Kier molecular flexibility index (Phi) is 11.2. The molecule has 0 fully saturated rings. The summed E-state index contributed by atoms with van der Waals surface area (Å²) in [6.07, 6.45) is -0.131. The van der Waals surface area contributed by atoms with Gasteiger partial charge in [0.05, 0.1) is 16.2 Å². The number of hydrogen-bond donors (Lipinski definition) is 3. The van der Waals surface area contributed by atoms with Gasteiger partial charge in [-0.3, -0.25) is 9.59 Å². The fraction of sp³-hybridized carbons (Fsp3) is 0.393. The minimum Gasteiger partial charge on any atom is -0.482 e. The topological polar surface area (TPSA) is 116 Å². The van der Waals surface area contributed by atoms with Crippen molar-refractivity contribution in [3.63, 3.8) is 0 Å². The number of para-hydroxylation sites is 1. The molecule has 0 aliphatic heterocycles. The molecule has 2 aromatic rings. The van der Waals surface area contributed by atoms with Gasteiger partial charge in [-0.1, -0.05) is 30.3 Å². The van der Waals surface area contributed by atoms with Gasteiger partial charge < -0.3 is 30.0 Å². The van der Waals surface area contributed by atoms with Gasteiger partial charge in [-0.25, -0.2) is 4.39 Å². The summed E-state index contributed by atoms with van der Waals surface area (Å²) in [5.41, 5.74) is 0.537. The zero-order valence-corrected chi connectivity index (χ0v) is 23.3. The van der Waals surface area contributed by atoms with Crippen LogP contribution in [0.1, 0.15) is 38.2 Å². The summed E-state index contributed by atoms with van der Waals surface area (Å²) in [6.45, 7) is 1.10. The quantitative estimate of drug-likeness (QED) is 0.308. The van der Waals surface area contributed by atoms with Gasteiger partial charge in [-0.15, -0.1) is 0 Å². The standard InChI is InChI=1S/C28H32FIN2O6/c1-18(34)7-6-12-26(35)32(17-19-8-2-3-9-21(19)29)23-15-20(28(37)31-13-14-33)16-25(27(23)36)38-24-11-5-4-10-22(24)30/h2-5,8-11,16,23,25,27,33,36H,6-7,12-15,17H2,1H3,(H,31,37)/t23-,25+,27+/m1/s1. The van der Waals surface area contributed by atoms with Gasteiger partial charge in [0, 0.05) is 43.5 Å². The highest BCUT2D eigenvalue weighted by molar-refractivity contribution is 14.1. The van der Waals surface area contributed by atoms with Crippen LogP contribution in [0.25, 0.3) is 0 Å². The molecule has 1 aliphatic carbocycles. The van der Waals surface area contributed by atoms with Crippen molar-refractivity contribution in [1.29, 1.82) is 0 Å². The predicted molar refractivity (Wildman–Crippen MR) is 148 cm³/mol. The van der Waals surface area contributed by atoms with Gasteiger partial charge in [0.25, 0.3) is 0 Å². The molecule has 0 radical (unpaired) electrons. The first-order chi connectivity index (χ1) is 18.2. The van der Waals surface area contributed by atoms with Crippen LogP contribution in [-0.4, -0.2) is 64.1 Å². The van der Waals surface area contributed by atoms with E-state index in [0.717, 1.165) is 3.57 Å². The monoisotopic (exact) mass is 638 g/mol. The van der Waals surface area contributed by atoms with Crippen LogP contribution in [0, 0.1) is 9.39 Å². The molecule has 0 bridgehead atoms. The number of rotatable bonds is 12. The maximum atomic E-state index is 14.6. The van der Waals surface area contributed by atoms with Crippen LogP contribution >= 0.6 is 22.6 Å². The number of carbonyl (C=O) groups is 3. The van der Waals surface area contributed by atoms with Crippen molar-refractivity contribution in [2.45, 2.75) is 57.4 Å². The number of Topliss-reactive ketones (excluding diaryl/α,β-unsaturated/α-hetero) is 1. The maximum Gasteiger partial charge on any atom is 0.247 e. The van der Waals surface area contributed by atoms with Crippen molar-refractivity contribution in [2.75, 3.05) is 13.2 Å². The van der Waals surface area contributed by atoms with E-state index in [0.29, 0.717) is 12.2 Å². The number of carbonyl (C=O) groups excluding carboxylic acids is 3. The van der Waals surface area contributed by atoms with Gasteiger partial charge in [-0.05, 0) is 60.2 Å². The van der Waals surface area contributed by atoms with Crippen LogP contribution in [0.4, 0.5) is 4.39 Å². The van der Waals surface area contributed by atoms with Gasteiger partial charge in [0.2, 0.25) is 11.8 Å². The third-order valence-electron chi connectivity index (χ3n) is 6.25. The average Bonchev–Trinajstić information content (AvgIpc) is 2.89. The first-order valence-electron chi connectivity index (χ1n) is 12.4. The second-order valence-corrected chi connectivity index (χ2v) is 10.3. The summed E-state index contributed by atoms with van der Waals surface area (Å²) in [5, 5.41) is 23.2. The Morgan fingerprint density at radius 2 is 1.84 bits per heavy atom. The van der Waals surface area contributed by atoms with Gasteiger partial charge in [0.1, 0.15) is 29.6 Å². The lowest BCUT2D eigenvalue weighted by Crippen LogP contribution is -2.54. The van der Waals surface area contributed by atoms with E-state index in [1.54, 1.807) is 30.3 Å². The molecule has 3 atom stereocenters. The first kappa shape index (κ1) is 29.7. The minimum atomic E-state index is -1.23. The number of aliphatic hydroxyl groups excluding tert-OH is 2. The van der Waals surface area contributed by atoms with Crippen molar-refractivity contribution >= 4 is 40.2 Å². The SMILES string of the molecule is CC(=O)CCCC(=O)N(Cc1ccccc1F)[C@@H]1CC(C(=O)NCCO)=C[C@H](Oc2ccccc2I)[C@H]1O. The summed E-state index contributed by atoms with van der Waals surface area (Å²) < 4.78 is 21.5. The second kappa shape index (κ2) is 14.4. The molecule has 204 valence electrons. The number of aliphatic hydroxyl groups is 2. The third kappa shape index (κ3) is 8.08. The molecule has 0 spiro atoms. The van der Waals surface area contributed by atoms with Crippen molar-refractivity contribution in [3.8, 4) is 5.75 Å². The van der Waals surface area contributed by atoms with Crippen molar-refractivity contribution in [3.05, 3.63) is 75.1 Å². The Labute approximate surface area is 235 Å². The lowest BCUT2D eigenvalue weighted by molar-refractivity contribution is -0.139. The number of nitrogens with one attached hydrogen (secondary N) is 1. The smallest absolute Gasteiger partial charge is 0.247 e. The van der Waals surface area contributed by atoms with E-state index in [2.05, 4.69) is 27.9 Å². The maximum absolute atomic E-state index is 14.6. The fourth-order valence-electron chi connectivity index (χ4n) is 4.30. The number of ketones is 1. The lowest BCUT2D eigenvalue weighted by atomic mass is 9.87. The summed E-state index contributed by atoms with van der Waals surface area (Å²) in [4.78, 5) is 39.1. The summed E-state index contributed by atoms with van der Waals surface area (Å²) in [7, 11) is 0. The van der Waals surface area contributed by atoms with E-state index >= 15 is 0 Å². The van der Waals surface area contributed by atoms with Crippen molar-refractivity contribution in [1.82, 2.24) is 10.2 Å². The predicted octanol–water partition coefficient (Wildman–Crippen LogP) is 3.13. The second-order valence-electron chi connectivity index (χ2n) is 9.11. The van der Waals surface area contributed by atoms with Crippen LogP contribution in [0.5, 0.6) is 5.75 Å². The summed E-state index contributed by atoms with van der Waals surface area (Å²) in [5.74, 6) is -0.876. The molecule has 0 heterocycles. The van der Waals surface area contributed by atoms with E-state index in [4.69, 9.17) is 9.84 Å². The molecule has 8 nitrogen and oxygen atoms in total. The van der Waals surface area contributed by atoms with E-state index < -0.39 is 30.0 Å². The van der Waals surface area contributed by atoms with Crippen LogP contribution < -0.4 is 10.1 Å². The van der Waals surface area contributed by atoms with E-state index in [9.17, 15) is 23.9 Å². The van der Waals surface area contributed by atoms with Crippen molar-refractivity contribution in [2.24, 2.45) is 0 Å². The zero-order chi connectivity index (χ0) is 27.7. The van der Waals surface area contributed by atoms with Crippen LogP contribution in [0.15, 0.2) is 60.2 Å². The minimum absolute atomic E-state index is 0.00291. The largest absolute Gasteiger partial charge is 0.482 e. The normalized spacial score (nSPS) is 18.9. The molecule has 0 aromatic heterocycles. The van der Waals surface area contributed by atoms with E-state index in [1.807, 2.05) is 12.1 Å². The number of amides is 2. The van der Waals surface area contributed by atoms with Crippen molar-refractivity contribution < 1.29 is 33.7 Å². The average molecular weight is 638 g/mol.